The number of nitrogens with two attached hydrogens (primary N) is 1. The average molecular weight is 341 g/mol. The molecule has 0 unspecified atom stereocenters. The van der Waals surface area contributed by atoms with E-state index in [9.17, 15) is 9.59 Å². The lowest BCUT2D eigenvalue weighted by atomic mass is 10.2. The van der Waals surface area contributed by atoms with E-state index in [1.54, 1.807) is 11.9 Å². The standard InChI is InChI=1S/C15H23N3O4S/c1-15(2,3)22-13(19)17(4)7-10-5-12(23-9-10)18-8-11(6-16)21-14(18)20/h5,9,11H,6-8,16H2,1-4H3/t11-/m0/s1. The number of amides is 2. The van der Waals surface area contributed by atoms with Crippen LogP contribution < -0.4 is 10.6 Å². The molecule has 0 saturated carbocycles. The van der Waals surface area contributed by atoms with Crippen molar-refractivity contribution in [2.75, 3.05) is 25.0 Å². The minimum atomic E-state index is -0.526. The van der Waals surface area contributed by atoms with Crippen LogP contribution in [-0.2, 0) is 16.0 Å². The van der Waals surface area contributed by atoms with E-state index in [-0.39, 0.29) is 18.3 Å². The van der Waals surface area contributed by atoms with E-state index in [2.05, 4.69) is 0 Å². The van der Waals surface area contributed by atoms with Crippen LogP contribution >= 0.6 is 11.3 Å². The third kappa shape index (κ3) is 4.59. The molecule has 1 saturated heterocycles. The Morgan fingerprint density at radius 3 is 2.83 bits per heavy atom. The van der Waals surface area contributed by atoms with E-state index >= 15 is 0 Å². The quantitative estimate of drug-likeness (QED) is 0.909. The van der Waals surface area contributed by atoms with Gasteiger partial charge in [-0.15, -0.1) is 11.3 Å². The van der Waals surface area contributed by atoms with Gasteiger partial charge < -0.3 is 20.1 Å². The second-order valence-corrected chi connectivity index (χ2v) is 7.37. The molecule has 2 rings (SSSR count). The second kappa shape index (κ2) is 6.76. The SMILES string of the molecule is CN(Cc1csc(N2C[C@H](CN)OC2=O)c1)C(=O)OC(C)(C)C. The van der Waals surface area contributed by atoms with E-state index in [0.717, 1.165) is 10.6 Å². The highest BCUT2D eigenvalue weighted by atomic mass is 32.1. The first-order chi connectivity index (χ1) is 10.7. The zero-order valence-electron chi connectivity index (χ0n) is 13.9. The van der Waals surface area contributed by atoms with Crippen LogP contribution in [0.1, 0.15) is 26.3 Å². The summed E-state index contributed by atoms with van der Waals surface area (Å²) in [6.07, 6.45) is -1.03. The Morgan fingerprint density at radius 2 is 2.26 bits per heavy atom. The summed E-state index contributed by atoms with van der Waals surface area (Å²) in [4.78, 5) is 26.8. The predicted molar refractivity (Wildman–Crippen MR) is 88.7 cm³/mol. The van der Waals surface area contributed by atoms with Gasteiger partial charge >= 0.3 is 12.2 Å². The van der Waals surface area contributed by atoms with Crippen LogP contribution in [0.5, 0.6) is 0 Å². The topological polar surface area (TPSA) is 85.1 Å². The number of rotatable bonds is 4. The van der Waals surface area contributed by atoms with Gasteiger partial charge in [-0.3, -0.25) is 4.90 Å². The molecule has 1 aromatic heterocycles. The van der Waals surface area contributed by atoms with Gasteiger partial charge in [0, 0.05) is 20.1 Å². The van der Waals surface area contributed by atoms with Crippen LogP contribution in [0.25, 0.3) is 0 Å². The molecule has 128 valence electrons. The predicted octanol–water partition coefficient (Wildman–Crippen LogP) is 2.40. The first-order valence-corrected chi connectivity index (χ1v) is 8.27. The van der Waals surface area contributed by atoms with Gasteiger partial charge in [-0.1, -0.05) is 0 Å². The summed E-state index contributed by atoms with van der Waals surface area (Å²) in [6, 6.07) is 1.88. The van der Waals surface area contributed by atoms with Crippen molar-refractivity contribution in [2.24, 2.45) is 5.73 Å². The van der Waals surface area contributed by atoms with Crippen LogP contribution in [0.4, 0.5) is 14.6 Å². The fourth-order valence-corrected chi connectivity index (χ4v) is 3.00. The molecule has 0 bridgehead atoms. The smallest absolute Gasteiger partial charge is 0.415 e. The van der Waals surface area contributed by atoms with Crippen molar-refractivity contribution in [1.82, 2.24) is 4.90 Å². The number of thiophene rings is 1. The molecule has 0 aliphatic carbocycles. The van der Waals surface area contributed by atoms with E-state index in [1.165, 1.54) is 16.2 Å². The molecule has 0 aromatic carbocycles. The summed E-state index contributed by atoms with van der Waals surface area (Å²) in [5.74, 6) is 0. The van der Waals surface area contributed by atoms with Gasteiger partial charge in [0.25, 0.3) is 0 Å². The molecular formula is C15H23N3O4S. The van der Waals surface area contributed by atoms with Gasteiger partial charge in [0.1, 0.15) is 16.7 Å². The lowest BCUT2D eigenvalue weighted by molar-refractivity contribution is 0.0285. The molecule has 1 atom stereocenters. The van der Waals surface area contributed by atoms with Crippen molar-refractivity contribution in [2.45, 2.75) is 39.0 Å². The lowest BCUT2D eigenvalue weighted by Crippen LogP contribution is -2.33. The number of carbonyl (C=O) groups is 2. The minimum Gasteiger partial charge on any atom is -0.444 e. The number of hydrogen-bond acceptors (Lipinski definition) is 6. The number of anilines is 1. The molecule has 1 aliphatic heterocycles. The molecule has 23 heavy (non-hydrogen) atoms. The van der Waals surface area contributed by atoms with Crippen molar-refractivity contribution >= 4 is 28.5 Å². The second-order valence-electron chi connectivity index (χ2n) is 6.48. The highest BCUT2D eigenvalue weighted by Crippen LogP contribution is 2.29. The van der Waals surface area contributed by atoms with Crippen LogP contribution in [-0.4, -0.2) is 48.9 Å². The number of cyclic esters (lactones) is 1. The van der Waals surface area contributed by atoms with Gasteiger partial charge in [0.2, 0.25) is 0 Å². The Bertz CT molecular complexity index is 582. The van der Waals surface area contributed by atoms with Gasteiger partial charge in [0.05, 0.1) is 6.54 Å². The van der Waals surface area contributed by atoms with Crippen LogP contribution in [0.15, 0.2) is 11.4 Å². The van der Waals surface area contributed by atoms with E-state index < -0.39 is 5.60 Å². The average Bonchev–Trinajstić information content (AvgIpc) is 3.03. The molecule has 2 amide bonds. The highest BCUT2D eigenvalue weighted by molar-refractivity contribution is 7.14. The Labute approximate surface area is 139 Å². The molecule has 7 nitrogen and oxygen atoms in total. The Hall–Kier alpha value is -1.80. The van der Waals surface area contributed by atoms with E-state index in [0.29, 0.717) is 19.6 Å². The maximum Gasteiger partial charge on any atom is 0.415 e. The molecule has 1 aliphatic rings. The fraction of sp³-hybridized carbons (Fsp3) is 0.600. The van der Waals surface area contributed by atoms with Crippen molar-refractivity contribution in [3.63, 3.8) is 0 Å². The van der Waals surface area contributed by atoms with Crippen LogP contribution in [0, 0.1) is 0 Å². The van der Waals surface area contributed by atoms with E-state index in [4.69, 9.17) is 15.2 Å². The van der Waals surface area contributed by atoms with Crippen molar-refractivity contribution in [1.29, 1.82) is 0 Å². The molecule has 0 radical (unpaired) electrons. The molecule has 2 N–H and O–H groups in total. The maximum atomic E-state index is 12.0. The maximum absolute atomic E-state index is 12.0. The third-order valence-electron chi connectivity index (χ3n) is 3.17. The molecule has 0 spiro atoms. The number of nitrogens with zero attached hydrogens (tertiary/aromatic N) is 2. The van der Waals surface area contributed by atoms with E-state index in [1.807, 2.05) is 32.2 Å². The third-order valence-corrected chi connectivity index (χ3v) is 4.17. The molecule has 8 heteroatoms. The van der Waals surface area contributed by atoms with Gasteiger partial charge in [-0.25, -0.2) is 9.59 Å². The van der Waals surface area contributed by atoms with Gasteiger partial charge in [0.15, 0.2) is 0 Å². The fourth-order valence-electron chi connectivity index (χ4n) is 2.09. The zero-order valence-corrected chi connectivity index (χ0v) is 14.7. The van der Waals surface area contributed by atoms with Crippen molar-refractivity contribution in [3.8, 4) is 0 Å². The summed E-state index contributed by atoms with van der Waals surface area (Å²) < 4.78 is 10.5. The molecule has 1 fully saturated rings. The molecule has 1 aromatic rings. The Morgan fingerprint density at radius 1 is 1.57 bits per heavy atom. The first-order valence-electron chi connectivity index (χ1n) is 7.39. The summed E-state index contributed by atoms with van der Waals surface area (Å²) in [5, 5.41) is 2.71. The van der Waals surface area contributed by atoms with Gasteiger partial charge in [-0.05, 0) is 37.8 Å². The van der Waals surface area contributed by atoms with Crippen LogP contribution in [0.2, 0.25) is 0 Å². The zero-order chi connectivity index (χ0) is 17.2. The Kier molecular flexibility index (Phi) is 5.16. The highest BCUT2D eigenvalue weighted by Gasteiger charge is 2.32. The summed E-state index contributed by atoms with van der Waals surface area (Å²) in [5.41, 5.74) is 5.94. The summed E-state index contributed by atoms with van der Waals surface area (Å²) >= 11 is 1.44. The minimum absolute atomic E-state index is 0.266. The monoisotopic (exact) mass is 341 g/mol. The Balaban J connectivity index is 1.97. The molecular weight excluding hydrogens is 318 g/mol. The molecule has 2 heterocycles. The lowest BCUT2D eigenvalue weighted by Gasteiger charge is -2.24. The number of hydrogen-bond donors (Lipinski definition) is 1. The number of carbonyl (C=O) groups excluding carboxylic acids is 2. The van der Waals surface area contributed by atoms with Crippen molar-refractivity contribution in [3.05, 3.63) is 17.0 Å². The number of ether oxygens (including phenoxy) is 2. The summed E-state index contributed by atoms with van der Waals surface area (Å²) in [6.45, 7) is 6.66. The van der Waals surface area contributed by atoms with Crippen LogP contribution in [0.3, 0.4) is 0 Å². The first kappa shape index (κ1) is 17.6. The normalized spacial score (nSPS) is 18.0. The van der Waals surface area contributed by atoms with Gasteiger partial charge in [-0.2, -0.15) is 0 Å². The van der Waals surface area contributed by atoms with Crippen molar-refractivity contribution < 1.29 is 19.1 Å². The largest absolute Gasteiger partial charge is 0.444 e. The summed E-state index contributed by atoms with van der Waals surface area (Å²) in [7, 11) is 1.68.